The largest absolute Gasteiger partial charge is 0.394 e. The lowest BCUT2D eigenvalue weighted by Gasteiger charge is -2.40. The summed E-state index contributed by atoms with van der Waals surface area (Å²) < 4.78 is 5.78. The predicted molar refractivity (Wildman–Crippen MR) is 115 cm³/mol. The molecule has 3 aromatic rings. The lowest BCUT2D eigenvalue weighted by atomic mass is 9.98. The highest BCUT2D eigenvalue weighted by atomic mass is 16.5. The zero-order chi connectivity index (χ0) is 21.6. The number of morpholine rings is 1. The molecule has 1 aliphatic rings. The summed E-state index contributed by atoms with van der Waals surface area (Å²) in [5, 5.41) is 12.9. The molecule has 7 heteroatoms. The van der Waals surface area contributed by atoms with Gasteiger partial charge >= 0.3 is 0 Å². The molecule has 2 aromatic carbocycles. The predicted octanol–water partition coefficient (Wildman–Crippen LogP) is 2.79. The van der Waals surface area contributed by atoms with Gasteiger partial charge in [0, 0.05) is 30.2 Å². The van der Waals surface area contributed by atoms with Crippen molar-refractivity contribution in [2.75, 3.05) is 18.5 Å². The fourth-order valence-corrected chi connectivity index (χ4v) is 3.66. The quantitative estimate of drug-likeness (QED) is 0.644. The van der Waals surface area contributed by atoms with Crippen molar-refractivity contribution < 1.29 is 19.4 Å². The maximum Gasteiger partial charge on any atom is 0.255 e. The first-order valence-electron chi connectivity index (χ1n) is 10.0. The van der Waals surface area contributed by atoms with Crippen LogP contribution < -0.4 is 5.32 Å². The van der Waals surface area contributed by atoms with E-state index >= 15 is 0 Å². The Balaban J connectivity index is 1.48. The molecule has 0 radical (unpaired) electrons. The molecule has 1 aliphatic heterocycles. The van der Waals surface area contributed by atoms with Gasteiger partial charge in [-0.3, -0.25) is 14.6 Å². The molecule has 2 N–H and O–H groups in total. The van der Waals surface area contributed by atoms with Crippen LogP contribution in [0.3, 0.4) is 0 Å². The molecular weight excluding hydrogens is 394 g/mol. The first-order valence-corrected chi connectivity index (χ1v) is 10.0. The summed E-state index contributed by atoms with van der Waals surface area (Å²) >= 11 is 0. The lowest BCUT2D eigenvalue weighted by molar-refractivity contribution is -0.162. The number of aliphatic hydroxyl groups excluding tert-OH is 1. The Bertz CT molecular complexity index is 1030. The number of hydrogen-bond donors (Lipinski definition) is 2. The Morgan fingerprint density at radius 1 is 1.10 bits per heavy atom. The third kappa shape index (κ3) is 4.79. The highest BCUT2D eigenvalue weighted by Gasteiger charge is 2.37. The van der Waals surface area contributed by atoms with E-state index in [4.69, 9.17) is 4.74 Å². The van der Waals surface area contributed by atoms with Crippen molar-refractivity contribution in [1.82, 2.24) is 9.88 Å². The van der Waals surface area contributed by atoms with Crippen LogP contribution in [0.1, 0.15) is 27.6 Å². The number of hydrogen-bond acceptors (Lipinski definition) is 5. The van der Waals surface area contributed by atoms with Crippen LogP contribution >= 0.6 is 0 Å². The number of aliphatic hydroxyl groups is 1. The van der Waals surface area contributed by atoms with Gasteiger partial charge in [-0.15, -0.1) is 0 Å². The van der Waals surface area contributed by atoms with Crippen molar-refractivity contribution in [2.24, 2.45) is 0 Å². The molecule has 7 nitrogen and oxygen atoms in total. The summed E-state index contributed by atoms with van der Waals surface area (Å²) in [4.78, 5) is 30.5. The van der Waals surface area contributed by atoms with Crippen LogP contribution in [0, 0.1) is 0 Å². The van der Waals surface area contributed by atoms with E-state index < -0.39 is 12.1 Å². The topological polar surface area (TPSA) is 91.8 Å². The minimum atomic E-state index is -0.522. The van der Waals surface area contributed by atoms with E-state index in [0.29, 0.717) is 17.8 Å². The molecular formula is C24H23N3O4. The Morgan fingerprint density at radius 2 is 1.87 bits per heavy atom. The molecule has 1 saturated heterocycles. The number of amides is 2. The van der Waals surface area contributed by atoms with Crippen molar-refractivity contribution in [3.8, 4) is 0 Å². The fraction of sp³-hybridized carbons (Fsp3) is 0.208. The number of pyridine rings is 1. The van der Waals surface area contributed by atoms with E-state index in [2.05, 4.69) is 10.3 Å². The minimum absolute atomic E-state index is 0.0616. The number of nitrogens with zero attached hydrogens (tertiary/aromatic N) is 2. The van der Waals surface area contributed by atoms with Gasteiger partial charge in [-0.2, -0.15) is 0 Å². The zero-order valence-electron chi connectivity index (χ0n) is 16.8. The minimum Gasteiger partial charge on any atom is -0.394 e. The van der Waals surface area contributed by atoms with E-state index in [1.807, 2.05) is 42.5 Å². The molecule has 2 heterocycles. The maximum absolute atomic E-state index is 12.5. The van der Waals surface area contributed by atoms with Gasteiger partial charge in [0.2, 0.25) is 5.91 Å². The van der Waals surface area contributed by atoms with Crippen LogP contribution in [0.25, 0.3) is 0 Å². The van der Waals surface area contributed by atoms with E-state index in [-0.39, 0.29) is 25.0 Å². The molecule has 0 bridgehead atoms. The number of carbonyl (C=O) groups is 2. The van der Waals surface area contributed by atoms with E-state index in [1.54, 1.807) is 41.6 Å². The van der Waals surface area contributed by atoms with Crippen LogP contribution in [0.4, 0.5) is 5.69 Å². The summed E-state index contributed by atoms with van der Waals surface area (Å²) in [6, 6.07) is 19.4. The number of ether oxygens (including phenoxy) is 1. The second kappa shape index (κ2) is 9.51. The average Bonchev–Trinajstić information content (AvgIpc) is 2.82. The number of carbonyl (C=O) groups excluding carboxylic acids is 2. The molecule has 0 spiro atoms. The van der Waals surface area contributed by atoms with E-state index in [9.17, 15) is 14.7 Å². The molecule has 158 valence electrons. The summed E-state index contributed by atoms with van der Waals surface area (Å²) in [6.45, 7) is 0.0556. The molecule has 1 aromatic heterocycles. The maximum atomic E-state index is 12.5. The van der Waals surface area contributed by atoms with Gasteiger partial charge in [-0.05, 0) is 41.5 Å². The molecule has 2 amide bonds. The lowest BCUT2D eigenvalue weighted by Crippen LogP contribution is -2.52. The monoisotopic (exact) mass is 417 g/mol. The second-order valence-corrected chi connectivity index (χ2v) is 7.31. The summed E-state index contributed by atoms with van der Waals surface area (Å²) in [5.74, 6) is -0.366. The van der Waals surface area contributed by atoms with Crippen LogP contribution in [0.15, 0.2) is 79.1 Å². The van der Waals surface area contributed by atoms with Gasteiger partial charge < -0.3 is 20.1 Å². The highest BCUT2D eigenvalue weighted by molar-refractivity contribution is 6.04. The standard InChI is InChI=1S/C24H23N3O4/c28-15-21-23(31-16-22(29)27(21)14-17-5-4-12-25-13-17)18-8-10-20(11-9-18)26-24(30)19-6-2-1-3-7-19/h1-13,21,23,28H,14-16H2,(H,26,30). The summed E-state index contributed by atoms with van der Waals surface area (Å²) in [6.07, 6.45) is 2.91. The van der Waals surface area contributed by atoms with Gasteiger partial charge in [0.25, 0.3) is 5.91 Å². The van der Waals surface area contributed by atoms with E-state index in [0.717, 1.165) is 11.1 Å². The Kier molecular flexibility index (Phi) is 6.35. The van der Waals surface area contributed by atoms with Crippen LogP contribution in [0.5, 0.6) is 0 Å². The molecule has 0 saturated carbocycles. The molecule has 1 fully saturated rings. The number of rotatable bonds is 6. The number of aromatic nitrogens is 1. The first-order chi connectivity index (χ1) is 15.2. The van der Waals surface area contributed by atoms with E-state index in [1.165, 1.54) is 0 Å². The third-order valence-electron chi connectivity index (χ3n) is 5.25. The summed E-state index contributed by atoms with van der Waals surface area (Å²) in [5.41, 5.74) is 2.93. The Morgan fingerprint density at radius 3 is 2.55 bits per heavy atom. The molecule has 0 aliphatic carbocycles. The van der Waals surface area contributed by atoms with Crippen LogP contribution in [-0.2, 0) is 16.1 Å². The zero-order valence-corrected chi connectivity index (χ0v) is 16.8. The summed E-state index contributed by atoms with van der Waals surface area (Å²) in [7, 11) is 0. The highest BCUT2D eigenvalue weighted by Crippen LogP contribution is 2.31. The van der Waals surface area contributed by atoms with Crippen LogP contribution in [-0.4, -0.2) is 46.1 Å². The van der Waals surface area contributed by atoms with Gasteiger partial charge in [-0.25, -0.2) is 0 Å². The third-order valence-corrected chi connectivity index (χ3v) is 5.25. The van der Waals surface area contributed by atoms with Crippen molar-refractivity contribution in [3.05, 3.63) is 95.8 Å². The van der Waals surface area contributed by atoms with Crippen molar-refractivity contribution >= 4 is 17.5 Å². The van der Waals surface area contributed by atoms with Crippen molar-refractivity contribution in [3.63, 3.8) is 0 Å². The first kappa shape index (κ1) is 20.7. The molecule has 31 heavy (non-hydrogen) atoms. The van der Waals surface area contributed by atoms with Crippen molar-refractivity contribution in [1.29, 1.82) is 0 Å². The second-order valence-electron chi connectivity index (χ2n) is 7.31. The number of benzene rings is 2. The number of anilines is 1. The van der Waals surface area contributed by atoms with Crippen LogP contribution in [0.2, 0.25) is 0 Å². The molecule has 2 unspecified atom stereocenters. The van der Waals surface area contributed by atoms with Gasteiger partial charge in [0.05, 0.1) is 12.6 Å². The Labute approximate surface area is 180 Å². The number of nitrogens with one attached hydrogen (secondary N) is 1. The Hall–Kier alpha value is -3.55. The normalized spacial score (nSPS) is 18.6. The molecule has 2 atom stereocenters. The fourth-order valence-electron chi connectivity index (χ4n) is 3.66. The van der Waals surface area contributed by atoms with Gasteiger partial charge in [-0.1, -0.05) is 36.4 Å². The van der Waals surface area contributed by atoms with Gasteiger partial charge in [0.15, 0.2) is 0 Å². The van der Waals surface area contributed by atoms with Crippen molar-refractivity contribution in [2.45, 2.75) is 18.7 Å². The van der Waals surface area contributed by atoms with Gasteiger partial charge in [0.1, 0.15) is 12.7 Å². The smallest absolute Gasteiger partial charge is 0.255 e. The average molecular weight is 417 g/mol. The molecule has 4 rings (SSSR count). The SMILES string of the molecule is O=C(Nc1ccc(C2OCC(=O)N(Cc3cccnc3)C2CO)cc1)c1ccccc1.